The smallest absolute Gasteiger partial charge is 0.389 e. The average Bonchev–Trinajstić information content (AvgIpc) is 2.54. The van der Waals surface area contributed by atoms with Crippen molar-refractivity contribution < 1.29 is 17.6 Å². The normalized spacial score (nSPS) is 13.9. The molecule has 0 aliphatic heterocycles. The Labute approximate surface area is 105 Å². The molecule has 0 aliphatic carbocycles. The number of oxazole rings is 1. The summed E-state index contributed by atoms with van der Waals surface area (Å²) in [5.41, 5.74) is 0.844. The zero-order valence-electron chi connectivity index (χ0n) is 10.9. The van der Waals surface area contributed by atoms with Crippen LogP contribution in [0.15, 0.2) is 4.42 Å². The summed E-state index contributed by atoms with van der Waals surface area (Å²) < 4.78 is 41.2. The second kappa shape index (κ2) is 6.22. The molecule has 1 aromatic rings. The van der Waals surface area contributed by atoms with Crippen LogP contribution in [0.25, 0.3) is 0 Å². The van der Waals surface area contributed by atoms with E-state index in [2.05, 4.69) is 10.3 Å². The molecule has 0 saturated heterocycles. The fourth-order valence-corrected chi connectivity index (χ4v) is 1.59. The standard InChI is InChI=1S/C12H19F3N2O/c1-8(5-4-6-12(13,14)15)16-7-11-17-9(2)10(3)18-11/h8,16H,4-7H2,1-3H3. The van der Waals surface area contributed by atoms with E-state index in [0.29, 0.717) is 18.9 Å². The molecular formula is C12H19F3N2O. The third-order valence-electron chi connectivity index (χ3n) is 2.77. The molecule has 0 aromatic carbocycles. The van der Waals surface area contributed by atoms with Crippen molar-refractivity contribution in [1.29, 1.82) is 0 Å². The number of nitrogens with zero attached hydrogens (tertiary/aromatic N) is 1. The van der Waals surface area contributed by atoms with Gasteiger partial charge < -0.3 is 9.73 Å². The number of halogens is 3. The molecule has 6 heteroatoms. The molecule has 104 valence electrons. The van der Waals surface area contributed by atoms with Gasteiger partial charge >= 0.3 is 6.18 Å². The van der Waals surface area contributed by atoms with E-state index < -0.39 is 12.6 Å². The number of rotatable bonds is 6. The summed E-state index contributed by atoms with van der Waals surface area (Å²) in [5.74, 6) is 1.35. The molecule has 1 atom stereocenters. The molecule has 18 heavy (non-hydrogen) atoms. The van der Waals surface area contributed by atoms with Gasteiger partial charge in [0.25, 0.3) is 0 Å². The number of aryl methyl sites for hydroxylation is 2. The SMILES string of the molecule is Cc1nc(CNC(C)CCCC(F)(F)F)oc1C. The first-order valence-electron chi connectivity index (χ1n) is 6.01. The molecule has 0 spiro atoms. The summed E-state index contributed by atoms with van der Waals surface area (Å²) in [5, 5.41) is 3.10. The van der Waals surface area contributed by atoms with Crippen molar-refractivity contribution in [2.75, 3.05) is 0 Å². The van der Waals surface area contributed by atoms with Crippen LogP contribution in [0.1, 0.15) is 43.5 Å². The van der Waals surface area contributed by atoms with Gasteiger partial charge in [-0.3, -0.25) is 0 Å². The molecular weight excluding hydrogens is 245 g/mol. The van der Waals surface area contributed by atoms with E-state index in [1.165, 1.54) is 0 Å². The summed E-state index contributed by atoms with van der Waals surface area (Å²) in [6.07, 6.45) is -4.16. The predicted octanol–water partition coefficient (Wildman–Crippen LogP) is 3.50. The maximum absolute atomic E-state index is 12.0. The fourth-order valence-electron chi connectivity index (χ4n) is 1.59. The van der Waals surface area contributed by atoms with Gasteiger partial charge in [-0.05, 0) is 33.6 Å². The van der Waals surface area contributed by atoms with Gasteiger partial charge in [0.05, 0.1) is 12.2 Å². The van der Waals surface area contributed by atoms with E-state index in [1.807, 2.05) is 20.8 Å². The third-order valence-corrected chi connectivity index (χ3v) is 2.77. The lowest BCUT2D eigenvalue weighted by Gasteiger charge is -2.13. The van der Waals surface area contributed by atoms with E-state index in [9.17, 15) is 13.2 Å². The van der Waals surface area contributed by atoms with Crippen molar-refractivity contribution in [3.05, 3.63) is 17.3 Å². The zero-order valence-corrected chi connectivity index (χ0v) is 10.9. The van der Waals surface area contributed by atoms with Crippen LogP contribution in [0.5, 0.6) is 0 Å². The summed E-state index contributed by atoms with van der Waals surface area (Å²) in [7, 11) is 0. The van der Waals surface area contributed by atoms with Gasteiger partial charge in [0.1, 0.15) is 5.76 Å². The van der Waals surface area contributed by atoms with Crippen molar-refractivity contribution in [3.63, 3.8) is 0 Å². The lowest BCUT2D eigenvalue weighted by atomic mass is 10.1. The lowest BCUT2D eigenvalue weighted by molar-refractivity contribution is -0.135. The molecule has 1 unspecified atom stereocenters. The van der Waals surface area contributed by atoms with Gasteiger partial charge in [0.15, 0.2) is 0 Å². The Hall–Kier alpha value is -1.04. The van der Waals surface area contributed by atoms with E-state index in [4.69, 9.17) is 4.42 Å². The molecule has 0 saturated carbocycles. The fraction of sp³-hybridized carbons (Fsp3) is 0.750. The number of aromatic nitrogens is 1. The Morgan fingerprint density at radius 1 is 1.33 bits per heavy atom. The van der Waals surface area contributed by atoms with E-state index >= 15 is 0 Å². The number of nitrogens with one attached hydrogen (secondary N) is 1. The summed E-state index contributed by atoms with van der Waals surface area (Å²) in [4.78, 5) is 4.19. The molecule has 1 aromatic heterocycles. The first kappa shape index (κ1) is 15.0. The maximum Gasteiger partial charge on any atom is 0.389 e. The molecule has 1 N–H and O–H groups in total. The number of hydrogen-bond acceptors (Lipinski definition) is 3. The second-order valence-electron chi connectivity index (χ2n) is 4.54. The van der Waals surface area contributed by atoms with Crippen LogP contribution in [0.2, 0.25) is 0 Å². The highest BCUT2D eigenvalue weighted by Crippen LogP contribution is 2.22. The maximum atomic E-state index is 12.0. The van der Waals surface area contributed by atoms with Gasteiger partial charge in [-0.25, -0.2) is 4.98 Å². The Morgan fingerprint density at radius 2 is 2.00 bits per heavy atom. The number of hydrogen-bond donors (Lipinski definition) is 1. The highest BCUT2D eigenvalue weighted by Gasteiger charge is 2.26. The molecule has 1 rings (SSSR count). The minimum atomic E-state index is -4.06. The van der Waals surface area contributed by atoms with Crippen molar-refractivity contribution in [2.45, 2.75) is 58.8 Å². The third kappa shape index (κ3) is 5.53. The first-order valence-corrected chi connectivity index (χ1v) is 6.01. The first-order chi connectivity index (χ1) is 8.28. The minimum absolute atomic E-state index is 0.0138. The van der Waals surface area contributed by atoms with E-state index in [1.54, 1.807) is 0 Å². The molecule has 0 radical (unpaired) electrons. The van der Waals surface area contributed by atoms with Crippen LogP contribution in [0.4, 0.5) is 13.2 Å². The van der Waals surface area contributed by atoms with Crippen molar-refractivity contribution in [2.24, 2.45) is 0 Å². The largest absolute Gasteiger partial charge is 0.444 e. The minimum Gasteiger partial charge on any atom is -0.444 e. The predicted molar refractivity (Wildman–Crippen MR) is 62.2 cm³/mol. The van der Waals surface area contributed by atoms with Gasteiger partial charge in [-0.1, -0.05) is 0 Å². The van der Waals surface area contributed by atoms with Crippen molar-refractivity contribution in [3.8, 4) is 0 Å². The second-order valence-corrected chi connectivity index (χ2v) is 4.54. The van der Waals surface area contributed by atoms with Crippen LogP contribution in [0.3, 0.4) is 0 Å². The Balaban J connectivity index is 2.23. The van der Waals surface area contributed by atoms with Crippen LogP contribution in [-0.4, -0.2) is 17.2 Å². The molecule has 0 fully saturated rings. The van der Waals surface area contributed by atoms with E-state index in [0.717, 1.165) is 11.5 Å². The van der Waals surface area contributed by atoms with Gasteiger partial charge in [0, 0.05) is 12.5 Å². The monoisotopic (exact) mass is 264 g/mol. The Kier molecular flexibility index (Phi) is 5.19. The summed E-state index contributed by atoms with van der Waals surface area (Å²) in [6.45, 7) is 5.99. The molecule has 0 amide bonds. The molecule has 1 heterocycles. The topological polar surface area (TPSA) is 38.1 Å². The van der Waals surface area contributed by atoms with Gasteiger partial charge in [-0.15, -0.1) is 0 Å². The van der Waals surface area contributed by atoms with Gasteiger partial charge in [0.2, 0.25) is 5.89 Å². The lowest BCUT2D eigenvalue weighted by Crippen LogP contribution is -2.26. The molecule has 0 aliphatic rings. The highest BCUT2D eigenvalue weighted by atomic mass is 19.4. The van der Waals surface area contributed by atoms with Crippen LogP contribution in [0, 0.1) is 13.8 Å². The van der Waals surface area contributed by atoms with Crippen LogP contribution >= 0.6 is 0 Å². The highest BCUT2D eigenvalue weighted by molar-refractivity contribution is 5.05. The van der Waals surface area contributed by atoms with Crippen molar-refractivity contribution >= 4 is 0 Å². The molecule has 3 nitrogen and oxygen atoms in total. The summed E-state index contributed by atoms with van der Waals surface area (Å²) in [6, 6.07) is 0.0138. The zero-order chi connectivity index (χ0) is 13.8. The quantitative estimate of drug-likeness (QED) is 0.854. The van der Waals surface area contributed by atoms with Crippen LogP contribution in [-0.2, 0) is 6.54 Å². The summed E-state index contributed by atoms with van der Waals surface area (Å²) >= 11 is 0. The Bertz CT molecular complexity index is 354. The van der Waals surface area contributed by atoms with Gasteiger partial charge in [-0.2, -0.15) is 13.2 Å². The average molecular weight is 264 g/mol. The molecule has 0 bridgehead atoms. The van der Waals surface area contributed by atoms with E-state index in [-0.39, 0.29) is 12.5 Å². The van der Waals surface area contributed by atoms with Crippen molar-refractivity contribution in [1.82, 2.24) is 10.3 Å². The number of alkyl halides is 3. The Morgan fingerprint density at radius 3 is 2.50 bits per heavy atom. The van der Waals surface area contributed by atoms with Crippen LogP contribution < -0.4 is 5.32 Å².